The number of aliphatic hydroxyl groups is 1. The van der Waals surface area contributed by atoms with Gasteiger partial charge in [-0.1, -0.05) is 24.3 Å². The van der Waals surface area contributed by atoms with Gasteiger partial charge in [0.1, 0.15) is 5.76 Å². The van der Waals surface area contributed by atoms with E-state index in [-0.39, 0.29) is 11.3 Å². The smallest absolute Gasteiger partial charge is 0.395 e. The van der Waals surface area contributed by atoms with Crippen LogP contribution in [0.25, 0.3) is 5.76 Å². The zero-order valence-electron chi connectivity index (χ0n) is 9.05. The zero-order valence-corrected chi connectivity index (χ0v) is 9.05. The van der Waals surface area contributed by atoms with Gasteiger partial charge in [0.25, 0.3) is 0 Å². The van der Waals surface area contributed by atoms with Crippen LogP contribution < -0.4 is 0 Å². The van der Waals surface area contributed by atoms with Gasteiger partial charge in [-0.25, -0.2) is 0 Å². The average Bonchev–Trinajstić information content (AvgIpc) is 2.26. The zero-order chi connectivity index (χ0) is 12.3. The molecule has 0 fully saturated rings. The Bertz CT molecular complexity index is 376. The second-order valence-corrected chi connectivity index (χ2v) is 3.56. The molecule has 4 heteroatoms. The van der Waals surface area contributed by atoms with E-state index >= 15 is 0 Å². The summed E-state index contributed by atoms with van der Waals surface area (Å²) in [4.78, 5) is 0. The molecule has 0 saturated carbocycles. The molecule has 0 aromatic heterocycles. The van der Waals surface area contributed by atoms with Crippen molar-refractivity contribution in [1.82, 2.24) is 0 Å². The molecule has 0 aliphatic rings. The van der Waals surface area contributed by atoms with Crippen molar-refractivity contribution in [3.8, 4) is 0 Å². The molecule has 1 nitrogen and oxygen atoms in total. The molecular weight excluding hydrogens is 217 g/mol. The fourth-order valence-electron chi connectivity index (χ4n) is 1.30. The van der Waals surface area contributed by atoms with E-state index in [1.165, 1.54) is 30.3 Å². The summed E-state index contributed by atoms with van der Waals surface area (Å²) in [5, 5.41) is 9.36. The van der Waals surface area contributed by atoms with Gasteiger partial charge in [0.05, 0.1) is 5.92 Å². The van der Waals surface area contributed by atoms with Crippen molar-refractivity contribution in [2.75, 3.05) is 0 Å². The molecule has 0 saturated heterocycles. The van der Waals surface area contributed by atoms with Crippen LogP contribution in [0.15, 0.2) is 30.3 Å². The van der Waals surface area contributed by atoms with Gasteiger partial charge in [-0.15, -0.1) is 0 Å². The molecule has 0 heterocycles. The molecule has 1 N–H and O–H groups in total. The van der Waals surface area contributed by atoms with E-state index in [1.807, 2.05) is 0 Å². The van der Waals surface area contributed by atoms with Crippen molar-refractivity contribution in [3.63, 3.8) is 0 Å². The van der Waals surface area contributed by atoms with Gasteiger partial charge in [-0.2, -0.15) is 13.2 Å². The Morgan fingerprint density at radius 3 is 2.12 bits per heavy atom. The molecule has 0 aliphatic heterocycles. The fourth-order valence-corrected chi connectivity index (χ4v) is 1.30. The van der Waals surface area contributed by atoms with Gasteiger partial charge >= 0.3 is 6.18 Å². The van der Waals surface area contributed by atoms with Gasteiger partial charge < -0.3 is 5.11 Å². The number of rotatable bonds is 2. The highest BCUT2D eigenvalue weighted by Crippen LogP contribution is 2.34. The van der Waals surface area contributed by atoms with Crippen LogP contribution in [0.5, 0.6) is 0 Å². The third-order valence-corrected chi connectivity index (χ3v) is 2.47. The lowest BCUT2D eigenvalue weighted by Crippen LogP contribution is -2.17. The van der Waals surface area contributed by atoms with Gasteiger partial charge in [-0.05, 0) is 25.5 Å². The van der Waals surface area contributed by atoms with E-state index in [0.29, 0.717) is 5.56 Å². The first-order chi connectivity index (χ1) is 7.36. The highest BCUT2D eigenvalue weighted by molar-refractivity contribution is 5.58. The molecule has 88 valence electrons. The van der Waals surface area contributed by atoms with E-state index in [1.54, 1.807) is 6.92 Å². The van der Waals surface area contributed by atoms with Crippen molar-refractivity contribution in [1.29, 1.82) is 0 Å². The van der Waals surface area contributed by atoms with Crippen LogP contribution in [0, 0.1) is 0 Å². The number of aliphatic hydroxyl groups excluding tert-OH is 1. The molecule has 16 heavy (non-hydrogen) atoms. The largest absolute Gasteiger partial charge is 0.508 e. The molecule has 1 rings (SSSR count). The quantitative estimate of drug-likeness (QED) is 0.752. The van der Waals surface area contributed by atoms with Crippen molar-refractivity contribution in [3.05, 3.63) is 41.5 Å². The number of benzene rings is 1. The van der Waals surface area contributed by atoms with Crippen LogP contribution in [0.2, 0.25) is 0 Å². The molecule has 0 amide bonds. The second kappa shape index (κ2) is 4.60. The van der Waals surface area contributed by atoms with Crippen molar-refractivity contribution >= 4 is 5.76 Å². The van der Waals surface area contributed by atoms with E-state index < -0.39 is 12.1 Å². The molecule has 1 atom stereocenters. The van der Waals surface area contributed by atoms with E-state index in [0.717, 1.165) is 6.92 Å². The average molecular weight is 230 g/mol. The topological polar surface area (TPSA) is 20.2 Å². The van der Waals surface area contributed by atoms with Crippen LogP contribution >= 0.6 is 0 Å². The summed E-state index contributed by atoms with van der Waals surface area (Å²) in [6.45, 7) is 2.77. The third kappa shape index (κ3) is 2.78. The summed E-state index contributed by atoms with van der Waals surface area (Å²) in [7, 11) is 0. The Morgan fingerprint density at radius 1 is 1.25 bits per heavy atom. The first-order valence-electron chi connectivity index (χ1n) is 4.88. The minimum Gasteiger partial charge on any atom is -0.508 e. The van der Waals surface area contributed by atoms with Crippen LogP contribution in [-0.2, 0) is 0 Å². The monoisotopic (exact) mass is 230 g/mol. The molecule has 0 aliphatic carbocycles. The summed E-state index contributed by atoms with van der Waals surface area (Å²) in [5.41, 5.74) is 0.709. The number of hydrogen-bond donors (Lipinski definition) is 1. The predicted octanol–water partition coefficient (Wildman–Crippen LogP) is 4.27. The highest BCUT2D eigenvalue weighted by atomic mass is 19.4. The van der Waals surface area contributed by atoms with Crippen molar-refractivity contribution in [2.45, 2.75) is 25.9 Å². The van der Waals surface area contributed by atoms with E-state index in [4.69, 9.17) is 0 Å². The Morgan fingerprint density at radius 2 is 1.75 bits per heavy atom. The van der Waals surface area contributed by atoms with Crippen molar-refractivity contribution < 1.29 is 18.3 Å². The van der Waals surface area contributed by atoms with Crippen LogP contribution in [0.3, 0.4) is 0 Å². The lowest BCUT2D eigenvalue weighted by Gasteiger charge is -2.16. The minimum atomic E-state index is -4.23. The van der Waals surface area contributed by atoms with Gasteiger partial charge in [0.2, 0.25) is 0 Å². The maximum Gasteiger partial charge on any atom is 0.395 e. The lowest BCUT2D eigenvalue weighted by molar-refractivity contribution is -0.146. The summed E-state index contributed by atoms with van der Waals surface area (Å²) in [6, 6.07) is 5.72. The Hall–Kier alpha value is -1.45. The maximum atomic E-state index is 12.4. The first kappa shape index (κ1) is 12.6. The molecule has 0 bridgehead atoms. The number of halogens is 3. The predicted molar refractivity (Wildman–Crippen MR) is 57.2 cm³/mol. The fraction of sp³-hybridized carbons (Fsp3) is 0.333. The number of hydrogen-bond acceptors (Lipinski definition) is 1. The third-order valence-electron chi connectivity index (χ3n) is 2.47. The van der Waals surface area contributed by atoms with Crippen LogP contribution in [0.1, 0.15) is 30.9 Å². The van der Waals surface area contributed by atoms with Gasteiger partial charge in [0.15, 0.2) is 0 Å². The van der Waals surface area contributed by atoms with Gasteiger partial charge in [-0.3, -0.25) is 0 Å². The lowest BCUT2D eigenvalue weighted by atomic mass is 9.99. The normalized spacial score (nSPS) is 14.9. The summed E-state index contributed by atoms with van der Waals surface area (Å²) < 4.78 is 37.2. The molecular formula is C12H13F3O. The summed E-state index contributed by atoms with van der Waals surface area (Å²) in [5.74, 6) is -1.43. The Labute approximate surface area is 92.2 Å². The Kier molecular flexibility index (Phi) is 3.62. The second-order valence-electron chi connectivity index (χ2n) is 3.56. The summed E-state index contributed by atoms with van der Waals surface area (Å²) in [6.07, 6.45) is -2.74. The van der Waals surface area contributed by atoms with E-state index in [9.17, 15) is 18.3 Å². The first-order valence-corrected chi connectivity index (χ1v) is 4.88. The Balaban J connectivity index is 2.96. The summed E-state index contributed by atoms with van der Waals surface area (Å²) >= 11 is 0. The molecule has 1 unspecified atom stereocenters. The highest BCUT2D eigenvalue weighted by Gasteiger charge is 2.36. The number of allylic oxidation sites excluding steroid dienone is 1. The van der Waals surface area contributed by atoms with Crippen LogP contribution in [-0.4, -0.2) is 11.3 Å². The SMILES string of the molecule is C/C=C(/O)c1ccc(C(C)C(F)(F)F)cc1. The molecule has 1 aromatic rings. The van der Waals surface area contributed by atoms with E-state index in [2.05, 4.69) is 0 Å². The van der Waals surface area contributed by atoms with Gasteiger partial charge in [0, 0.05) is 5.56 Å². The maximum absolute atomic E-state index is 12.4. The molecule has 0 radical (unpaired) electrons. The minimum absolute atomic E-state index is 0.0613. The molecule has 0 spiro atoms. The van der Waals surface area contributed by atoms with Crippen molar-refractivity contribution in [2.24, 2.45) is 0 Å². The molecule has 1 aromatic carbocycles. The number of alkyl halides is 3. The standard InChI is InChI=1S/C12H13F3O/c1-3-11(16)10-6-4-9(5-7-10)8(2)12(13,14)15/h3-8,16H,1-2H3/b11-3+. The van der Waals surface area contributed by atoms with Crippen LogP contribution in [0.4, 0.5) is 13.2 Å².